The number of allylic oxidation sites excluding steroid dienone is 2. The lowest BCUT2D eigenvalue weighted by atomic mass is 10.2. The van der Waals surface area contributed by atoms with Crippen LogP contribution < -0.4 is 0 Å². The SMILES string of the molecule is O=C(OCCO)[C@H]1[C@@H]2C=C(F)C(=O)[C@@H]21. The van der Waals surface area contributed by atoms with Crippen LogP contribution in [0, 0.1) is 17.8 Å². The van der Waals surface area contributed by atoms with E-state index in [1.165, 1.54) is 6.08 Å². The molecule has 1 N–H and O–H groups in total. The number of aliphatic hydroxyl groups is 1. The highest BCUT2D eigenvalue weighted by Crippen LogP contribution is 2.54. The van der Waals surface area contributed by atoms with E-state index < -0.39 is 29.4 Å². The lowest BCUT2D eigenvalue weighted by Crippen LogP contribution is -2.15. The summed E-state index contributed by atoms with van der Waals surface area (Å²) in [5.74, 6) is -3.23. The fourth-order valence-corrected chi connectivity index (χ4v) is 1.84. The number of fused-ring (bicyclic) bond motifs is 1. The molecule has 1 fully saturated rings. The summed E-state index contributed by atoms with van der Waals surface area (Å²) in [4.78, 5) is 22.2. The summed E-state index contributed by atoms with van der Waals surface area (Å²) in [7, 11) is 0. The van der Waals surface area contributed by atoms with Gasteiger partial charge in [0.05, 0.1) is 12.5 Å². The predicted octanol–water partition coefficient (Wildman–Crippen LogP) is -0.180. The maximum atomic E-state index is 12.6. The van der Waals surface area contributed by atoms with Crippen LogP contribution in [0.1, 0.15) is 0 Å². The van der Waals surface area contributed by atoms with Crippen molar-refractivity contribution in [2.45, 2.75) is 0 Å². The van der Waals surface area contributed by atoms with Crippen LogP contribution >= 0.6 is 0 Å². The summed E-state index contributed by atoms with van der Waals surface area (Å²) < 4.78 is 17.2. The van der Waals surface area contributed by atoms with Crippen LogP contribution in [0.15, 0.2) is 11.9 Å². The number of ether oxygens (including phenoxy) is 1. The Balaban J connectivity index is 1.94. The number of hydrogen-bond donors (Lipinski definition) is 1. The second-order valence-electron chi connectivity index (χ2n) is 3.40. The van der Waals surface area contributed by atoms with E-state index in [1.54, 1.807) is 0 Å². The monoisotopic (exact) mass is 200 g/mol. The Hall–Kier alpha value is -1.23. The van der Waals surface area contributed by atoms with Crippen LogP contribution in [0.3, 0.4) is 0 Å². The van der Waals surface area contributed by atoms with E-state index in [4.69, 9.17) is 5.11 Å². The first-order chi connectivity index (χ1) is 6.66. The summed E-state index contributed by atoms with van der Waals surface area (Å²) in [6.07, 6.45) is 1.18. The Bertz CT molecular complexity index is 323. The van der Waals surface area contributed by atoms with Gasteiger partial charge in [-0.25, -0.2) is 4.39 Å². The van der Waals surface area contributed by atoms with Gasteiger partial charge in [-0.2, -0.15) is 0 Å². The van der Waals surface area contributed by atoms with Crippen molar-refractivity contribution in [1.29, 1.82) is 0 Å². The smallest absolute Gasteiger partial charge is 0.310 e. The normalized spacial score (nSPS) is 33.7. The topological polar surface area (TPSA) is 63.6 Å². The number of ketones is 1. The molecule has 2 aliphatic rings. The standard InChI is InChI=1S/C9H9FO4/c10-5-3-4-6(8(5)12)7(4)9(13)14-2-1-11/h3-4,6-7,11H,1-2H2/t4-,6+,7+/m1/s1. The number of aliphatic hydroxyl groups excluding tert-OH is 1. The maximum Gasteiger partial charge on any atom is 0.310 e. The highest BCUT2D eigenvalue weighted by Gasteiger charge is 2.63. The number of rotatable bonds is 3. The highest BCUT2D eigenvalue weighted by molar-refractivity contribution is 6.05. The number of carbonyl (C=O) groups is 2. The minimum atomic E-state index is -0.744. The molecule has 0 amide bonds. The minimum absolute atomic E-state index is 0.0742. The van der Waals surface area contributed by atoms with Gasteiger partial charge in [0.1, 0.15) is 6.61 Å². The second-order valence-corrected chi connectivity index (χ2v) is 3.40. The summed E-state index contributed by atoms with van der Waals surface area (Å²) in [6, 6.07) is 0. The van der Waals surface area contributed by atoms with Crippen LogP contribution in [0.5, 0.6) is 0 Å². The molecular weight excluding hydrogens is 191 g/mol. The summed E-state index contributed by atoms with van der Waals surface area (Å²) in [5.41, 5.74) is 0. The van der Waals surface area contributed by atoms with Gasteiger partial charge >= 0.3 is 5.97 Å². The first-order valence-electron chi connectivity index (χ1n) is 4.36. The number of halogens is 1. The molecule has 0 aliphatic heterocycles. The van der Waals surface area contributed by atoms with Crippen molar-refractivity contribution < 1.29 is 23.8 Å². The van der Waals surface area contributed by atoms with Gasteiger partial charge in [0.2, 0.25) is 0 Å². The average Bonchev–Trinajstić information content (AvgIpc) is 2.79. The van der Waals surface area contributed by atoms with Crippen LogP contribution in [0.2, 0.25) is 0 Å². The zero-order valence-electron chi connectivity index (χ0n) is 7.27. The molecular formula is C9H9FO4. The van der Waals surface area contributed by atoms with Crippen LogP contribution in [0.25, 0.3) is 0 Å². The molecule has 0 unspecified atom stereocenters. The summed E-state index contributed by atoms with van der Waals surface area (Å²) >= 11 is 0. The molecule has 0 aromatic carbocycles. The Kier molecular flexibility index (Phi) is 2.11. The third kappa shape index (κ3) is 1.24. The molecule has 0 saturated heterocycles. The molecule has 76 valence electrons. The minimum Gasteiger partial charge on any atom is -0.463 e. The quantitative estimate of drug-likeness (QED) is 0.642. The molecule has 2 aliphatic carbocycles. The van der Waals surface area contributed by atoms with Gasteiger partial charge in [-0.3, -0.25) is 9.59 Å². The predicted molar refractivity (Wildman–Crippen MR) is 42.7 cm³/mol. The largest absolute Gasteiger partial charge is 0.463 e. The van der Waals surface area contributed by atoms with Crippen LogP contribution in [-0.4, -0.2) is 30.1 Å². The first-order valence-corrected chi connectivity index (χ1v) is 4.36. The van der Waals surface area contributed by atoms with Gasteiger partial charge in [0, 0.05) is 11.8 Å². The van der Waals surface area contributed by atoms with Crippen molar-refractivity contribution in [2.24, 2.45) is 17.8 Å². The van der Waals surface area contributed by atoms with Gasteiger partial charge in [-0.15, -0.1) is 0 Å². The number of hydrogen-bond acceptors (Lipinski definition) is 4. The van der Waals surface area contributed by atoms with E-state index in [0.29, 0.717) is 0 Å². The maximum absolute atomic E-state index is 12.6. The molecule has 5 heteroatoms. The lowest BCUT2D eigenvalue weighted by Gasteiger charge is -2.02. The van der Waals surface area contributed by atoms with Crippen molar-refractivity contribution in [1.82, 2.24) is 0 Å². The molecule has 0 heterocycles. The van der Waals surface area contributed by atoms with Gasteiger partial charge in [0.25, 0.3) is 0 Å². The zero-order chi connectivity index (χ0) is 10.3. The molecule has 3 atom stereocenters. The Labute approximate surface area is 79.4 Å². The van der Waals surface area contributed by atoms with Crippen molar-refractivity contribution in [3.8, 4) is 0 Å². The third-order valence-electron chi connectivity index (χ3n) is 2.56. The lowest BCUT2D eigenvalue weighted by molar-refractivity contribution is -0.147. The highest BCUT2D eigenvalue weighted by atomic mass is 19.1. The molecule has 2 rings (SSSR count). The Morgan fingerprint density at radius 3 is 2.86 bits per heavy atom. The molecule has 4 nitrogen and oxygen atoms in total. The Morgan fingerprint density at radius 2 is 2.36 bits per heavy atom. The fourth-order valence-electron chi connectivity index (χ4n) is 1.84. The molecule has 0 aromatic heterocycles. The van der Waals surface area contributed by atoms with E-state index in [9.17, 15) is 14.0 Å². The van der Waals surface area contributed by atoms with Crippen LogP contribution in [0.4, 0.5) is 4.39 Å². The molecule has 0 radical (unpaired) electrons. The van der Waals surface area contributed by atoms with Crippen molar-refractivity contribution >= 4 is 11.8 Å². The third-order valence-corrected chi connectivity index (χ3v) is 2.56. The van der Waals surface area contributed by atoms with E-state index >= 15 is 0 Å². The van der Waals surface area contributed by atoms with Crippen molar-refractivity contribution in [2.75, 3.05) is 13.2 Å². The summed E-state index contributed by atoms with van der Waals surface area (Å²) in [6.45, 7) is -0.318. The molecule has 14 heavy (non-hydrogen) atoms. The molecule has 0 spiro atoms. The number of esters is 1. The van der Waals surface area contributed by atoms with Gasteiger partial charge in [-0.05, 0) is 6.08 Å². The van der Waals surface area contributed by atoms with Gasteiger partial charge < -0.3 is 9.84 Å². The van der Waals surface area contributed by atoms with Crippen molar-refractivity contribution in [3.63, 3.8) is 0 Å². The van der Waals surface area contributed by atoms with Crippen LogP contribution in [-0.2, 0) is 14.3 Å². The van der Waals surface area contributed by atoms with Crippen molar-refractivity contribution in [3.05, 3.63) is 11.9 Å². The van der Waals surface area contributed by atoms with E-state index in [0.717, 1.165) is 0 Å². The van der Waals surface area contributed by atoms with Gasteiger partial charge in [-0.1, -0.05) is 0 Å². The number of carbonyl (C=O) groups excluding carboxylic acids is 2. The molecule has 0 bridgehead atoms. The molecule has 0 aromatic rings. The van der Waals surface area contributed by atoms with Gasteiger partial charge in [0.15, 0.2) is 11.6 Å². The van der Waals surface area contributed by atoms with E-state index in [1.807, 2.05) is 0 Å². The second kappa shape index (κ2) is 3.16. The molecule has 1 saturated carbocycles. The van der Waals surface area contributed by atoms with E-state index in [-0.39, 0.29) is 19.1 Å². The first kappa shape index (κ1) is 9.33. The average molecular weight is 200 g/mol. The van der Waals surface area contributed by atoms with E-state index in [2.05, 4.69) is 4.74 Å². The zero-order valence-corrected chi connectivity index (χ0v) is 7.27. The fraction of sp³-hybridized carbons (Fsp3) is 0.556. The number of Topliss-reactive ketones (excluding diaryl/α,β-unsaturated/α-hetero) is 1. The Morgan fingerprint density at radius 1 is 1.64 bits per heavy atom. The summed E-state index contributed by atoms with van der Waals surface area (Å²) in [5, 5.41) is 8.40.